The first-order valence-electron chi connectivity index (χ1n) is 29.0. The molecule has 2 aliphatic heterocycles. The lowest BCUT2D eigenvalue weighted by molar-refractivity contribution is -0.297. The molecule has 80 heavy (non-hydrogen) atoms. The van der Waals surface area contributed by atoms with Gasteiger partial charge in [-0.3, -0.25) is 14.4 Å². The van der Waals surface area contributed by atoms with Gasteiger partial charge in [0.2, 0.25) is 17.5 Å². The summed E-state index contributed by atoms with van der Waals surface area (Å²) in [6.07, 6.45) is 17.1. The van der Waals surface area contributed by atoms with Crippen molar-refractivity contribution < 1.29 is 29.0 Å². The molecule has 4 aliphatic rings. The minimum absolute atomic E-state index is 0.0198. The summed E-state index contributed by atoms with van der Waals surface area (Å²) < 4.78 is 15.1. The van der Waals surface area contributed by atoms with Crippen LogP contribution in [-0.2, 0) is 14.4 Å². The van der Waals surface area contributed by atoms with Crippen molar-refractivity contribution in [2.75, 3.05) is 33.2 Å². The van der Waals surface area contributed by atoms with Gasteiger partial charge in [0.05, 0.1) is 22.8 Å². The van der Waals surface area contributed by atoms with Crippen LogP contribution in [0.4, 0.5) is 34.1 Å². The Bertz CT molecular complexity index is 3230. The molecule has 2 heterocycles. The molecule has 5 aromatic rings. The van der Waals surface area contributed by atoms with Gasteiger partial charge in [-0.15, -0.1) is 4.58 Å². The molecule has 2 aliphatic carbocycles. The molecule has 12 heteroatoms. The third kappa shape index (κ3) is 13.2. The smallest absolute Gasteiger partial charge is 0.254 e. The van der Waals surface area contributed by atoms with Crippen LogP contribution in [0.25, 0.3) is 5.57 Å². The highest BCUT2D eigenvalue weighted by Gasteiger charge is 2.38. The van der Waals surface area contributed by atoms with Crippen molar-refractivity contribution in [3.8, 4) is 23.0 Å². The number of hydrogen-bond donors (Lipinski definition) is 2. The Labute approximate surface area is 482 Å². The average molecular weight is 1110 g/mol. The Morgan fingerprint density at radius 3 is 1.65 bits per heavy atom. The maximum atomic E-state index is 15.0. The molecule has 0 fully saturated rings. The molecule has 5 aromatic carbocycles. The maximum absolute atomic E-state index is 15.0. The standard InChI is InChI=1S/C68H78N4O6S2/c1-9-13-17-47(11-3)41-79-33-15-19-63(73)69-53-39-49(71-55-29-21-43(5)35-59(55)77-60-36-44(6)22-30-56(60)71)25-27-51(53)65-67(75)66(68(65)76)52-28-26-50(40-54(52)70-64(74)20-16-34-80-42-48(12-4)18-14-10-2)72-57-31-23-45(7)37-61(57)78-62-38-46(8)24-32-58(62)72/h21-32,35-40,47-48H,9-20,33-34,41-42H2,1-8H3,(H2,69,70,73,74,75,76). The van der Waals surface area contributed by atoms with Crippen LogP contribution < -0.4 is 34.7 Å². The Kier molecular flexibility index (Phi) is 19.3. The zero-order chi connectivity index (χ0) is 56.5. The van der Waals surface area contributed by atoms with Gasteiger partial charge < -0.3 is 30.1 Å². The van der Waals surface area contributed by atoms with E-state index in [1.807, 2.05) is 148 Å². The number of rotatable bonds is 24. The molecule has 2 atom stereocenters. The fourth-order valence-corrected chi connectivity index (χ4v) is 13.4. The molecule has 2 amide bonds. The molecule has 0 spiro atoms. The number of anilines is 4. The van der Waals surface area contributed by atoms with Crippen molar-refractivity contribution >= 4 is 86.5 Å². The number of fused-ring (bicyclic) bond motifs is 4. The highest BCUT2D eigenvalue weighted by atomic mass is 32.2. The second-order valence-electron chi connectivity index (χ2n) is 21.9. The van der Waals surface area contributed by atoms with E-state index in [0.29, 0.717) is 70.2 Å². The summed E-state index contributed by atoms with van der Waals surface area (Å²) in [4.78, 5) is 45.3. The molecule has 0 bridgehead atoms. The summed E-state index contributed by atoms with van der Waals surface area (Å²) in [7, 11) is 0. The largest absolute Gasteiger partial charge is 0.871 e. The second kappa shape index (κ2) is 26.7. The average Bonchev–Trinajstić information content (AvgIpc) is 3.45. The fraction of sp³-hybridized carbons (Fsp3) is 0.382. The van der Waals surface area contributed by atoms with Gasteiger partial charge in [-0.1, -0.05) is 102 Å². The van der Waals surface area contributed by atoms with E-state index in [0.717, 1.165) is 92.3 Å². The molecular formula is C68H78N4O6S2. The summed E-state index contributed by atoms with van der Waals surface area (Å²) in [5, 5.41) is 21.4. The molecule has 10 nitrogen and oxygen atoms in total. The first kappa shape index (κ1) is 57.9. The Hall–Kier alpha value is -6.76. The normalized spacial score (nSPS) is 15.9. The molecule has 418 valence electrons. The SMILES string of the molecule is CCCCC(CC)CSCCCC(=O)NC1=CC(=[N+]2c3ccc(C)cc3Oc3cc(C)ccc32)C=CC1=C1C(=O)C(c2ccc(N3c4ccc(C)cc4Oc4cc(C)ccc43)cc2NC(=O)CCCSCC(CC)CCCC)=C1[O-]. The van der Waals surface area contributed by atoms with Crippen molar-refractivity contribution in [3.05, 3.63) is 160 Å². The van der Waals surface area contributed by atoms with Crippen LogP contribution in [0, 0.1) is 39.5 Å². The Morgan fingerprint density at radius 1 is 0.613 bits per heavy atom. The predicted molar refractivity (Wildman–Crippen MR) is 332 cm³/mol. The molecule has 0 saturated heterocycles. The number of nitrogens with one attached hydrogen (secondary N) is 2. The molecule has 9 rings (SSSR count). The number of carbonyl (C=O) groups excluding carboxylic acids is 3. The number of Topliss-reactive ketones (excluding diaryl/α,β-unsaturated/α-hetero) is 1. The minimum Gasteiger partial charge on any atom is -0.871 e. The van der Waals surface area contributed by atoms with E-state index in [9.17, 15) is 9.59 Å². The van der Waals surface area contributed by atoms with Crippen molar-refractivity contribution in [1.82, 2.24) is 9.89 Å². The van der Waals surface area contributed by atoms with Crippen LogP contribution in [-0.4, -0.2) is 46.3 Å². The molecule has 2 unspecified atom stereocenters. The van der Waals surface area contributed by atoms with Crippen molar-refractivity contribution in [3.63, 3.8) is 0 Å². The highest BCUT2D eigenvalue weighted by Crippen LogP contribution is 2.52. The Balaban J connectivity index is 1.08. The molecular weight excluding hydrogens is 1030 g/mol. The summed E-state index contributed by atoms with van der Waals surface area (Å²) in [6, 6.07) is 29.8. The van der Waals surface area contributed by atoms with Gasteiger partial charge >= 0.3 is 0 Å². The van der Waals surface area contributed by atoms with Gasteiger partial charge in [0.1, 0.15) is 0 Å². The lowest BCUT2D eigenvalue weighted by Crippen LogP contribution is -2.34. The van der Waals surface area contributed by atoms with Crippen LogP contribution in [0.2, 0.25) is 0 Å². The van der Waals surface area contributed by atoms with Crippen LogP contribution in [0.5, 0.6) is 23.0 Å². The van der Waals surface area contributed by atoms with Gasteiger partial charge in [0, 0.05) is 65.1 Å². The lowest BCUT2D eigenvalue weighted by atomic mass is 9.78. The lowest BCUT2D eigenvalue weighted by Gasteiger charge is -2.36. The van der Waals surface area contributed by atoms with E-state index in [1.54, 1.807) is 12.1 Å². The van der Waals surface area contributed by atoms with Crippen LogP contribution in [0.15, 0.2) is 132 Å². The quantitative estimate of drug-likeness (QED) is 0.0346. The van der Waals surface area contributed by atoms with E-state index in [2.05, 4.69) is 47.8 Å². The number of allylic oxidation sites excluding steroid dienone is 5. The number of ether oxygens (including phenoxy) is 2. The van der Waals surface area contributed by atoms with E-state index in [-0.39, 0.29) is 35.8 Å². The topological polar surface area (TPSA) is 123 Å². The highest BCUT2D eigenvalue weighted by molar-refractivity contribution is 7.99. The number of benzene rings is 5. The predicted octanol–water partition coefficient (Wildman–Crippen LogP) is 16.5. The van der Waals surface area contributed by atoms with E-state index in [1.165, 1.54) is 38.5 Å². The second-order valence-corrected chi connectivity index (χ2v) is 24.2. The zero-order valence-electron chi connectivity index (χ0n) is 48.0. The van der Waals surface area contributed by atoms with Crippen molar-refractivity contribution in [1.29, 1.82) is 0 Å². The number of thioether (sulfide) groups is 2. The monoisotopic (exact) mass is 1110 g/mol. The zero-order valence-corrected chi connectivity index (χ0v) is 49.7. The molecule has 0 saturated carbocycles. The third-order valence-corrected chi connectivity index (χ3v) is 18.1. The van der Waals surface area contributed by atoms with E-state index < -0.39 is 11.5 Å². The summed E-state index contributed by atoms with van der Waals surface area (Å²) in [5.74, 6) is 6.66. The molecule has 2 N–H and O–H groups in total. The van der Waals surface area contributed by atoms with Gasteiger partial charge in [0.15, 0.2) is 28.8 Å². The van der Waals surface area contributed by atoms with Crippen LogP contribution >= 0.6 is 23.5 Å². The van der Waals surface area contributed by atoms with Crippen LogP contribution in [0.1, 0.15) is 133 Å². The number of hydrogen-bond acceptors (Lipinski definition) is 9. The van der Waals surface area contributed by atoms with Gasteiger partial charge in [-0.25, -0.2) is 0 Å². The minimum atomic E-state index is -0.461. The van der Waals surface area contributed by atoms with Crippen molar-refractivity contribution in [2.45, 2.75) is 132 Å². The number of aryl methyl sites for hydroxylation is 4. The van der Waals surface area contributed by atoms with Gasteiger partial charge in [-0.05, 0) is 165 Å². The van der Waals surface area contributed by atoms with Crippen LogP contribution in [0.3, 0.4) is 0 Å². The summed E-state index contributed by atoms with van der Waals surface area (Å²) in [5.41, 5.74) is 10.3. The van der Waals surface area contributed by atoms with Gasteiger partial charge in [0.25, 0.3) is 11.4 Å². The number of ketones is 1. The first-order valence-corrected chi connectivity index (χ1v) is 31.4. The van der Waals surface area contributed by atoms with Crippen molar-refractivity contribution in [2.24, 2.45) is 11.8 Å². The number of carbonyl (C=O) groups is 3. The van der Waals surface area contributed by atoms with E-state index >= 15 is 9.90 Å². The van der Waals surface area contributed by atoms with Gasteiger partial charge in [-0.2, -0.15) is 23.5 Å². The fourth-order valence-electron chi connectivity index (χ4n) is 10.9. The number of amides is 2. The summed E-state index contributed by atoms with van der Waals surface area (Å²) >= 11 is 3.80. The molecule has 0 aromatic heterocycles. The van der Waals surface area contributed by atoms with E-state index in [4.69, 9.17) is 9.47 Å². The Morgan fingerprint density at radius 2 is 1.12 bits per heavy atom. The number of unbranched alkanes of at least 4 members (excludes halogenated alkanes) is 2. The molecule has 0 radical (unpaired) electrons. The maximum Gasteiger partial charge on any atom is 0.254 e. The summed E-state index contributed by atoms with van der Waals surface area (Å²) in [6.45, 7) is 17.1. The first-order chi connectivity index (χ1) is 38.8. The third-order valence-electron chi connectivity index (χ3n) is 15.6. The number of nitrogens with zero attached hydrogens (tertiary/aromatic N) is 2.